The number of hydrogen-bond donors (Lipinski definition) is 0. The first-order valence-corrected chi connectivity index (χ1v) is 9.30. The molecule has 28 heavy (non-hydrogen) atoms. The van der Waals surface area contributed by atoms with Gasteiger partial charge in [-0.1, -0.05) is 48.0 Å². The number of hydrogen-bond acceptors (Lipinski definition) is 7. The molecule has 0 amide bonds. The molecule has 2 heterocycles. The highest BCUT2D eigenvalue weighted by Crippen LogP contribution is 2.31. The van der Waals surface area contributed by atoms with Crippen LogP contribution in [-0.4, -0.2) is 45.6 Å². The van der Waals surface area contributed by atoms with Gasteiger partial charge in [-0.3, -0.25) is 4.90 Å². The number of aromatic nitrogens is 3. The fourth-order valence-electron chi connectivity index (χ4n) is 2.82. The Labute approximate surface area is 167 Å². The average molecular weight is 399 g/mol. The number of likely N-dealkylation sites (N-methyl/N-ethyl adjacent to an activating group) is 1. The maximum absolute atomic E-state index is 6.39. The molecule has 2 aromatic carbocycles. The maximum atomic E-state index is 6.39. The Morgan fingerprint density at radius 3 is 1.93 bits per heavy atom. The van der Waals surface area contributed by atoms with E-state index in [1.54, 1.807) is 0 Å². The lowest BCUT2D eigenvalue weighted by Crippen LogP contribution is -2.41. The van der Waals surface area contributed by atoms with Gasteiger partial charge < -0.3 is 14.2 Å². The van der Waals surface area contributed by atoms with Crippen molar-refractivity contribution in [3.05, 3.63) is 66.5 Å². The SMILES string of the molecule is CN1CCOC(Cl)C1c1nc(Oc2ccccc2)nc(Oc2ccccc2)n1. The normalized spacial score (nSPS) is 19.9. The minimum atomic E-state index is -0.588. The Hall–Kier alpha value is -2.74. The average Bonchev–Trinajstić information content (AvgIpc) is 2.69. The van der Waals surface area contributed by atoms with Crippen LogP contribution in [0.4, 0.5) is 0 Å². The second-order valence-electron chi connectivity index (χ2n) is 6.24. The largest absolute Gasteiger partial charge is 0.424 e. The number of para-hydroxylation sites is 2. The number of ether oxygens (including phenoxy) is 3. The van der Waals surface area contributed by atoms with Gasteiger partial charge in [0.25, 0.3) is 0 Å². The Morgan fingerprint density at radius 1 is 0.893 bits per heavy atom. The second-order valence-corrected chi connectivity index (χ2v) is 6.67. The molecule has 0 bridgehead atoms. The number of benzene rings is 2. The van der Waals surface area contributed by atoms with Gasteiger partial charge in [0, 0.05) is 6.54 Å². The third kappa shape index (κ3) is 4.39. The maximum Gasteiger partial charge on any atom is 0.328 e. The predicted octanol–water partition coefficient (Wildman–Crippen LogP) is 4.02. The van der Waals surface area contributed by atoms with Gasteiger partial charge in [-0.2, -0.15) is 9.97 Å². The second kappa shape index (κ2) is 8.52. The van der Waals surface area contributed by atoms with Crippen LogP contribution in [0.3, 0.4) is 0 Å². The van der Waals surface area contributed by atoms with Crippen molar-refractivity contribution in [3.8, 4) is 23.5 Å². The molecular weight excluding hydrogens is 380 g/mol. The van der Waals surface area contributed by atoms with E-state index in [0.29, 0.717) is 30.5 Å². The molecule has 7 nitrogen and oxygen atoms in total. The molecule has 0 saturated carbocycles. The van der Waals surface area contributed by atoms with E-state index in [1.807, 2.05) is 72.6 Å². The molecule has 0 radical (unpaired) electrons. The highest BCUT2D eigenvalue weighted by atomic mass is 35.5. The molecule has 2 unspecified atom stereocenters. The van der Waals surface area contributed by atoms with Gasteiger partial charge in [0.05, 0.1) is 6.61 Å². The first-order chi connectivity index (χ1) is 13.7. The summed E-state index contributed by atoms with van der Waals surface area (Å²) < 4.78 is 17.2. The number of rotatable bonds is 5. The van der Waals surface area contributed by atoms with Crippen molar-refractivity contribution in [3.63, 3.8) is 0 Å². The van der Waals surface area contributed by atoms with Crippen LogP contribution in [0, 0.1) is 0 Å². The van der Waals surface area contributed by atoms with E-state index in [1.165, 1.54) is 0 Å². The van der Waals surface area contributed by atoms with E-state index >= 15 is 0 Å². The molecule has 1 aliphatic rings. The first-order valence-electron chi connectivity index (χ1n) is 8.87. The lowest BCUT2D eigenvalue weighted by atomic mass is 10.2. The van der Waals surface area contributed by atoms with Gasteiger partial charge in [0.15, 0.2) is 11.4 Å². The van der Waals surface area contributed by atoms with Crippen LogP contribution < -0.4 is 9.47 Å². The van der Waals surface area contributed by atoms with Crippen molar-refractivity contribution in [1.82, 2.24) is 19.9 Å². The Morgan fingerprint density at radius 2 is 1.43 bits per heavy atom. The smallest absolute Gasteiger partial charge is 0.328 e. The summed E-state index contributed by atoms with van der Waals surface area (Å²) >= 11 is 6.39. The molecule has 3 aromatic rings. The van der Waals surface area contributed by atoms with E-state index in [0.717, 1.165) is 0 Å². The Bertz CT molecular complexity index is 844. The summed E-state index contributed by atoms with van der Waals surface area (Å²) in [5.74, 6) is 1.65. The summed E-state index contributed by atoms with van der Waals surface area (Å²) in [6.45, 7) is 1.26. The third-order valence-corrected chi connectivity index (χ3v) is 4.59. The van der Waals surface area contributed by atoms with Crippen LogP contribution in [0.2, 0.25) is 0 Å². The lowest BCUT2D eigenvalue weighted by Gasteiger charge is -2.34. The van der Waals surface area contributed by atoms with Crippen molar-refractivity contribution < 1.29 is 14.2 Å². The quantitative estimate of drug-likeness (QED) is 0.601. The van der Waals surface area contributed by atoms with E-state index in [2.05, 4.69) is 15.0 Å². The lowest BCUT2D eigenvalue weighted by molar-refractivity contribution is -0.0233. The Kier molecular flexibility index (Phi) is 5.66. The molecule has 0 aliphatic carbocycles. The molecule has 1 fully saturated rings. The molecule has 1 aromatic heterocycles. The van der Waals surface area contributed by atoms with Crippen molar-refractivity contribution in [2.24, 2.45) is 0 Å². The van der Waals surface area contributed by atoms with E-state index in [4.69, 9.17) is 25.8 Å². The molecule has 1 saturated heterocycles. The zero-order valence-electron chi connectivity index (χ0n) is 15.2. The van der Waals surface area contributed by atoms with E-state index < -0.39 is 5.56 Å². The summed E-state index contributed by atoms with van der Waals surface area (Å²) in [4.78, 5) is 15.3. The summed E-state index contributed by atoms with van der Waals surface area (Å²) in [5, 5.41) is 0. The number of morpholine rings is 1. The van der Waals surface area contributed by atoms with Crippen LogP contribution in [0.15, 0.2) is 60.7 Å². The van der Waals surface area contributed by atoms with Gasteiger partial charge in [-0.05, 0) is 31.3 Å². The molecule has 8 heteroatoms. The third-order valence-electron chi connectivity index (χ3n) is 4.23. The standard InChI is InChI=1S/C20H19ClN4O3/c1-25-12-13-26-17(21)16(25)18-22-19(27-14-8-4-2-5-9-14)24-20(23-18)28-15-10-6-3-7-11-15/h2-11,16-17H,12-13H2,1H3. The van der Waals surface area contributed by atoms with Gasteiger partial charge in [-0.15, -0.1) is 4.98 Å². The molecular formula is C20H19ClN4O3. The topological polar surface area (TPSA) is 69.6 Å². The minimum absolute atomic E-state index is 0.130. The molecule has 2 atom stereocenters. The van der Waals surface area contributed by atoms with Gasteiger partial charge in [-0.25, -0.2) is 0 Å². The van der Waals surface area contributed by atoms with Gasteiger partial charge in [0.2, 0.25) is 0 Å². The molecule has 4 rings (SSSR count). The summed E-state index contributed by atoms with van der Waals surface area (Å²) in [7, 11) is 1.95. The fraction of sp³-hybridized carbons (Fsp3) is 0.250. The highest BCUT2D eigenvalue weighted by Gasteiger charge is 2.33. The van der Waals surface area contributed by atoms with Crippen LogP contribution in [0.25, 0.3) is 0 Å². The zero-order chi connectivity index (χ0) is 19.3. The van der Waals surface area contributed by atoms with E-state index in [-0.39, 0.29) is 18.1 Å². The summed E-state index contributed by atoms with van der Waals surface area (Å²) in [6, 6.07) is 18.5. The fourth-order valence-corrected chi connectivity index (χ4v) is 3.21. The minimum Gasteiger partial charge on any atom is -0.424 e. The molecule has 1 aliphatic heterocycles. The number of alkyl halides is 1. The van der Waals surface area contributed by atoms with Crippen LogP contribution in [0.5, 0.6) is 23.5 Å². The van der Waals surface area contributed by atoms with Crippen LogP contribution in [0.1, 0.15) is 11.9 Å². The van der Waals surface area contributed by atoms with Crippen molar-refractivity contribution in [2.75, 3.05) is 20.2 Å². The Balaban J connectivity index is 1.69. The first kappa shape index (κ1) is 18.6. The molecule has 0 N–H and O–H groups in total. The number of nitrogens with zero attached hydrogens (tertiary/aromatic N) is 4. The molecule has 0 spiro atoms. The van der Waals surface area contributed by atoms with Gasteiger partial charge >= 0.3 is 12.0 Å². The molecule has 144 valence electrons. The predicted molar refractivity (Wildman–Crippen MR) is 104 cm³/mol. The summed E-state index contributed by atoms with van der Waals surface area (Å²) in [5.41, 5.74) is -0.588. The summed E-state index contributed by atoms with van der Waals surface area (Å²) in [6.07, 6.45) is 0. The van der Waals surface area contributed by atoms with E-state index in [9.17, 15) is 0 Å². The van der Waals surface area contributed by atoms with Crippen molar-refractivity contribution >= 4 is 11.6 Å². The highest BCUT2D eigenvalue weighted by molar-refractivity contribution is 6.20. The van der Waals surface area contributed by atoms with Crippen molar-refractivity contribution in [1.29, 1.82) is 0 Å². The van der Waals surface area contributed by atoms with Crippen LogP contribution >= 0.6 is 11.6 Å². The van der Waals surface area contributed by atoms with Gasteiger partial charge in [0.1, 0.15) is 17.5 Å². The number of halogens is 1. The van der Waals surface area contributed by atoms with Crippen LogP contribution in [-0.2, 0) is 4.74 Å². The zero-order valence-corrected chi connectivity index (χ0v) is 16.0. The van der Waals surface area contributed by atoms with Crippen molar-refractivity contribution in [2.45, 2.75) is 11.6 Å². The monoisotopic (exact) mass is 398 g/mol.